The van der Waals surface area contributed by atoms with Crippen LogP contribution in [0.2, 0.25) is 0 Å². The minimum Gasteiger partial charge on any atom is -0.303 e. The molecule has 6 rings (SSSR count). The van der Waals surface area contributed by atoms with Crippen LogP contribution in [0, 0.1) is 11.7 Å². The van der Waals surface area contributed by atoms with Crippen LogP contribution >= 0.6 is 0 Å². The van der Waals surface area contributed by atoms with Crippen molar-refractivity contribution in [3.8, 4) is 5.69 Å². The first-order valence-electron chi connectivity index (χ1n) is 14.6. The summed E-state index contributed by atoms with van der Waals surface area (Å²) in [5.74, 6) is -0.315. The fraction of sp³-hybridized carbons (Fsp3) is 0.552. The van der Waals surface area contributed by atoms with Crippen LogP contribution in [0.5, 0.6) is 0 Å². The number of pyridine rings is 1. The maximum Gasteiger partial charge on any atom is 0.303 e. The van der Waals surface area contributed by atoms with Crippen LogP contribution in [0.15, 0.2) is 30.3 Å². The summed E-state index contributed by atoms with van der Waals surface area (Å²) in [5, 5.41) is 5.92. The lowest BCUT2D eigenvalue weighted by Gasteiger charge is -2.35. The number of nitrogens with one attached hydrogen (secondary N) is 1. The predicted molar refractivity (Wildman–Crippen MR) is 154 cm³/mol. The van der Waals surface area contributed by atoms with Crippen molar-refractivity contribution in [1.29, 1.82) is 0 Å². The maximum absolute atomic E-state index is 13.8. The lowest BCUT2D eigenvalue weighted by atomic mass is 9.79. The quantitative estimate of drug-likeness (QED) is 0.391. The van der Waals surface area contributed by atoms with E-state index in [9.17, 15) is 17.6 Å². The number of amides is 1. The van der Waals surface area contributed by atoms with E-state index in [1.807, 2.05) is 0 Å². The zero-order valence-electron chi connectivity index (χ0n) is 24.0. The van der Waals surface area contributed by atoms with E-state index in [4.69, 9.17) is 19.9 Å². The zero-order valence-corrected chi connectivity index (χ0v) is 24.8. The predicted octanol–water partition coefficient (Wildman–Crippen LogP) is 3.51. The van der Waals surface area contributed by atoms with Crippen LogP contribution in [0.1, 0.15) is 72.1 Å². The second-order valence-corrected chi connectivity index (χ2v) is 13.6. The number of likely N-dealkylation sites (tertiary alicyclic amines) is 1. The maximum atomic E-state index is 13.8. The van der Waals surface area contributed by atoms with Crippen LogP contribution < -0.4 is 4.72 Å². The second-order valence-electron chi connectivity index (χ2n) is 11.8. The lowest BCUT2D eigenvalue weighted by Crippen LogP contribution is -2.40. The number of carbonyl (C=O) groups is 1. The number of rotatable bonds is 8. The first-order chi connectivity index (χ1) is 20.2. The molecule has 1 saturated carbocycles. The van der Waals surface area contributed by atoms with Gasteiger partial charge in [0.2, 0.25) is 0 Å². The number of halogens is 1. The molecule has 3 aliphatic rings. The number of hydrogen-bond acceptors (Lipinski definition) is 8. The average molecular weight is 601 g/mol. The summed E-state index contributed by atoms with van der Waals surface area (Å²) in [4.78, 5) is 30.7. The van der Waals surface area contributed by atoms with Crippen molar-refractivity contribution in [2.24, 2.45) is 5.92 Å². The van der Waals surface area contributed by atoms with Gasteiger partial charge in [0.25, 0.3) is 5.91 Å². The minimum atomic E-state index is -4.02. The second kappa shape index (κ2) is 12.0. The molecule has 2 saturated heterocycles. The topological polar surface area (TPSA) is 119 Å². The molecule has 1 aromatic carbocycles. The van der Waals surface area contributed by atoms with Gasteiger partial charge in [0.15, 0.2) is 5.65 Å². The fourth-order valence-electron chi connectivity index (χ4n) is 6.04. The average Bonchev–Trinajstić information content (AvgIpc) is 3.31. The molecule has 3 aromatic rings. The van der Waals surface area contributed by atoms with Crippen molar-refractivity contribution in [3.05, 3.63) is 53.1 Å². The van der Waals surface area contributed by atoms with Crippen LogP contribution in [0.25, 0.3) is 16.7 Å². The highest BCUT2D eigenvalue weighted by atomic mass is 32.2. The number of fused-ring (bicyclic) bond motifs is 1. The minimum absolute atomic E-state index is 0.00753. The van der Waals surface area contributed by atoms with Crippen LogP contribution in [0.3, 0.4) is 0 Å². The van der Waals surface area contributed by atoms with Gasteiger partial charge < -0.3 is 4.90 Å². The highest BCUT2D eigenvalue weighted by molar-refractivity contribution is 7.87. The first kappa shape index (κ1) is 29.1. The molecule has 1 atom stereocenters. The molecular weight excluding hydrogens is 563 g/mol. The smallest absolute Gasteiger partial charge is 0.303 e. The Morgan fingerprint density at radius 3 is 2.43 bits per heavy atom. The molecule has 1 aliphatic carbocycles. The summed E-state index contributed by atoms with van der Waals surface area (Å²) >= 11 is 0. The van der Waals surface area contributed by atoms with Gasteiger partial charge in [-0.05, 0) is 87.0 Å². The van der Waals surface area contributed by atoms with Crippen molar-refractivity contribution >= 4 is 27.1 Å². The van der Waals surface area contributed by atoms with Crippen molar-refractivity contribution in [3.63, 3.8) is 0 Å². The summed E-state index contributed by atoms with van der Waals surface area (Å²) < 4.78 is 43.6. The van der Waals surface area contributed by atoms with Crippen LogP contribution in [-0.2, 0) is 20.0 Å². The molecule has 226 valence electrons. The summed E-state index contributed by atoms with van der Waals surface area (Å²) in [7, 11) is -1.32. The van der Waals surface area contributed by atoms with Gasteiger partial charge in [-0.3, -0.25) is 4.79 Å². The number of aromatic nitrogens is 3. The molecule has 0 radical (unpaired) electrons. The van der Waals surface area contributed by atoms with Crippen molar-refractivity contribution in [1.82, 2.24) is 28.7 Å². The molecule has 2 aromatic heterocycles. The Labute approximate surface area is 245 Å². The van der Waals surface area contributed by atoms with Gasteiger partial charge in [-0.1, -0.05) is 6.42 Å². The van der Waals surface area contributed by atoms with E-state index >= 15 is 0 Å². The van der Waals surface area contributed by atoms with Crippen molar-refractivity contribution in [2.75, 3.05) is 46.9 Å². The van der Waals surface area contributed by atoms with Crippen molar-refractivity contribution in [2.45, 2.75) is 50.4 Å². The SMILES string of the molecule is CN(C)S(=O)(=O)NC(=O)c1cc(C2CCN(CC3CCOOC3)CC2)c2c(C3CCC3)nn(-c3ccc(F)cc3)c2n1. The molecule has 1 unspecified atom stereocenters. The summed E-state index contributed by atoms with van der Waals surface area (Å²) in [5.41, 5.74) is 3.02. The lowest BCUT2D eigenvalue weighted by molar-refractivity contribution is -0.324. The number of hydrogen-bond donors (Lipinski definition) is 1. The van der Waals surface area contributed by atoms with Gasteiger partial charge in [-0.25, -0.2) is 28.6 Å². The third-order valence-corrected chi connectivity index (χ3v) is 10.1. The Bertz CT molecular complexity index is 1540. The Balaban J connectivity index is 1.40. The van der Waals surface area contributed by atoms with E-state index in [-0.39, 0.29) is 23.3 Å². The van der Waals surface area contributed by atoms with E-state index in [0.29, 0.717) is 30.5 Å². The standard InChI is InChI=1S/C29H37FN6O5S/c1-34(2)42(38,39)33-29(37)25-16-24(20-10-13-35(14-11-20)17-19-12-15-40-41-18-19)26-27(21-4-3-5-21)32-36(28(26)31-25)23-8-6-22(30)7-9-23/h6-9,16,19-21H,3-5,10-15,17-18H2,1-2H3,(H,33,37). The number of piperidine rings is 1. The largest absolute Gasteiger partial charge is 0.303 e. The highest BCUT2D eigenvalue weighted by Crippen LogP contribution is 2.43. The molecule has 42 heavy (non-hydrogen) atoms. The summed E-state index contributed by atoms with van der Waals surface area (Å²) in [6, 6.07) is 7.76. The Morgan fingerprint density at radius 2 is 1.81 bits per heavy atom. The van der Waals surface area contributed by atoms with E-state index < -0.39 is 16.1 Å². The highest BCUT2D eigenvalue weighted by Gasteiger charge is 2.33. The van der Waals surface area contributed by atoms with Crippen LogP contribution in [-0.4, -0.2) is 85.2 Å². The van der Waals surface area contributed by atoms with Gasteiger partial charge >= 0.3 is 10.2 Å². The van der Waals surface area contributed by atoms with Gasteiger partial charge in [-0.15, -0.1) is 0 Å². The number of nitrogens with zero attached hydrogens (tertiary/aromatic N) is 5. The molecule has 0 bridgehead atoms. The fourth-order valence-corrected chi connectivity index (χ4v) is 6.56. The van der Waals surface area contributed by atoms with Gasteiger partial charge in [-0.2, -0.15) is 17.8 Å². The Hall–Kier alpha value is -2.97. The molecule has 13 heteroatoms. The van der Waals surface area contributed by atoms with E-state index in [1.54, 1.807) is 22.9 Å². The molecule has 3 fully saturated rings. The van der Waals surface area contributed by atoms with Crippen molar-refractivity contribution < 1.29 is 27.4 Å². The van der Waals surface area contributed by atoms with E-state index in [1.165, 1.54) is 26.2 Å². The van der Waals surface area contributed by atoms with Crippen LogP contribution in [0.4, 0.5) is 4.39 Å². The summed E-state index contributed by atoms with van der Waals surface area (Å²) in [6.45, 7) is 3.97. The Kier molecular flexibility index (Phi) is 8.29. The number of carbonyl (C=O) groups excluding carboxylic acids is 1. The molecule has 0 spiro atoms. The number of benzene rings is 1. The molecule has 2 aliphatic heterocycles. The molecule has 1 N–H and O–H groups in total. The zero-order chi connectivity index (χ0) is 29.4. The van der Waals surface area contributed by atoms with Gasteiger partial charge in [0.1, 0.15) is 11.5 Å². The van der Waals surface area contributed by atoms with Gasteiger partial charge in [0, 0.05) is 37.9 Å². The van der Waals surface area contributed by atoms with Gasteiger partial charge in [0.05, 0.1) is 24.6 Å². The molecular formula is C29H37FN6O5S. The molecule has 11 nitrogen and oxygen atoms in total. The Morgan fingerprint density at radius 1 is 1.07 bits per heavy atom. The molecule has 1 amide bonds. The third-order valence-electron chi connectivity index (χ3n) is 8.73. The summed E-state index contributed by atoms with van der Waals surface area (Å²) in [6.07, 6.45) is 5.90. The monoisotopic (exact) mass is 600 g/mol. The molecule has 4 heterocycles. The van der Waals surface area contributed by atoms with E-state index in [0.717, 1.165) is 79.1 Å². The normalized spacial score (nSPS) is 21.1. The first-order valence-corrected chi connectivity index (χ1v) is 16.0. The third kappa shape index (κ3) is 5.93. The van der Waals surface area contributed by atoms with E-state index in [2.05, 4.69) is 9.62 Å².